The van der Waals surface area contributed by atoms with Crippen LogP contribution in [0.2, 0.25) is 0 Å². The van der Waals surface area contributed by atoms with Gasteiger partial charge in [0.25, 0.3) is 0 Å². The standard InChI is InChI=1S/C12H18N2/c1-9(2)6-14-7-10-3-4-12(13)5-11(10)8-14/h3-5,9H,6-8,13H2,1-2H3. The Morgan fingerprint density at radius 2 is 2.00 bits per heavy atom. The topological polar surface area (TPSA) is 29.3 Å². The molecule has 2 N–H and O–H groups in total. The van der Waals surface area contributed by atoms with Crippen molar-refractivity contribution < 1.29 is 0 Å². The Morgan fingerprint density at radius 1 is 1.29 bits per heavy atom. The molecule has 0 amide bonds. The van der Waals surface area contributed by atoms with Gasteiger partial charge in [-0.25, -0.2) is 0 Å². The van der Waals surface area contributed by atoms with Gasteiger partial charge in [-0.05, 0) is 29.2 Å². The third kappa shape index (κ3) is 1.90. The summed E-state index contributed by atoms with van der Waals surface area (Å²) < 4.78 is 0. The number of nitrogen functional groups attached to an aromatic ring is 1. The van der Waals surface area contributed by atoms with Crippen molar-refractivity contribution in [2.75, 3.05) is 12.3 Å². The quantitative estimate of drug-likeness (QED) is 0.725. The first-order valence-electron chi connectivity index (χ1n) is 5.25. The highest BCUT2D eigenvalue weighted by molar-refractivity contribution is 5.46. The van der Waals surface area contributed by atoms with Crippen LogP contribution in [-0.2, 0) is 13.1 Å². The van der Waals surface area contributed by atoms with Crippen LogP contribution in [-0.4, -0.2) is 11.4 Å². The highest BCUT2D eigenvalue weighted by Gasteiger charge is 2.18. The molecule has 0 spiro atoms. The minimum absolute atomic E-state index is 0.738. The van der Waals surface area contributed by atoms with Crippen LogP contribution >= 0.6 is 0 Å². The van der Waals surface area contributed by atoms with E-state index in [1.54, 1.807) is 0 Å². The summed E-state index contributed by atoms with van der Waals surface area (Å²) in [4.78, 5) is 2.48. The lowest BCUT2D eigenvalue weighted by Crippen LogP contribution is -2.21. The van der Waals surface area contributed by atoms with Crippen LogP contribution < -0.4 is 5.73 Å². The molecule has 0 fully saturated rings. The second kappa shape index (κ2) is 3.62. The van der Waals surface area contributed by atoms with E-state index in [0.717, 1.165) is 24.7 Å². The maximum atomic E-state index is 5.76. The SMILES string of the molecule is CC(C)CN1Cc2ccc(N)cc2C1. The first-order chi connectivity index (χ1) is 6.65. The lowest BCUT2D eigenvalue weighted by atomic mass is 10.1. The van der Waals surface area contributed by atoms with Crippen molar-refractivity contribution in [3.8, 4) is 0 Å². The van der Waals surface area contributed by atoms with E-state index >= 15 is 0 Å². The predicted molar refractivity (Wildman–Crippen MR) is 59.8 cm³/mol. The van der Waals surface area contributed by atoms with Crippen molar-refractivity contribution in [2.45, 2.75) is 26.9 Å². The molecule has 1 aliphatic rings. The van der Waals surface area contributed by atoms with Crippen LogP contribution in [0.15, 0.2) is 18.2 Å². The summed E-state index contributed by atoms with van der Waals surface area (Å²) in [5.74, 6) is 0.738. The van der Waals surface area contributed by atoms with Crippen molar-refractivity contribution in [3.05, 3.63) is 29.3 Å². The highest BCUT2D eigenvalue weighted by Crippen LogP contribution is 2.25. The van der Waals surface area contributed by atoms with Gasteiger partial charge in [-0.2, -0.15) is 0 Å². The molecule has 1 aromatic carbocycles. The zero-order valence-corrected chi connectivity index (χ0v) is 8.96. The largest absolute Gasteiger partial charge is 0.399 e. The summed E-state index contributed by atoms with van der Waals surface area (Å²) in [7, 11) is 0. The smallest absolute Gasteiger partial charge is 0.0317 e. The average Bonchev–Trinajstić information content (AvgIpc) is 2.44. The normalized spacial score (nSPS) is 16.2. The van der Waals surface area contributed by atoms with Gasteiger partial charge >= 0.3 is 0 Å². The molecule has 14 heavy (non-hydrogen) atoms. The number of benzene rings is 1. The molecule has 0 radical (unpaired) electrons. The monoisotopic (exact) mass is 190 g/mol. The number of fused-ring (bicyclic) bond motifs is 1. The van der Waals surface area contributed by atoms with Crippen molar-refractivity contribution in [1.82, 2.24) is 4.90 Å². The Kier molecular flexibility index (Phi) is 2.46. The van der Waals surface area contributed by atoms with E-state index in [4.69, 9.17) is 5.73 Å². The van der Waals surface area contributed by atoms with E-state index < -0.39 is 0 Å². The fourth-order valence-electron chi connectivity index (χ4n) is 2.13. The molecule has 0 atom stereocenters. The van der Waals surface area contributed by atoms with Gasteiger partial charge in [-0.15, -0.1) is 0 Å². The molecule has 1 aliphatic heterocycles. The molecule has 2 nitrogen and oxygen atoms in total. The summed E-state index contributed by atoms with van der Waals surface area (Å²) in [6, 6.07) is 6.26. The molecule has 76 valence electrons. The van der Waals surface area contributed by atoms with E-state index in [1.807, 2.05) is 6.07 Å². The molecular formula is C12H18N2. The summed E-state index contributed by atoms with van der Waals surface area (Å²) in [6.45, 7) is 7.86. The Hall–Kier alpha value is -1.02. The van der Waals surface area contributed by atoms with E-state index in [2.05, 4.69) is 30.9 Å². The molecule has 0 aromatic heterocycles. The van der Waals surface area contributed by atoms with Crippen molar-refractivity contribution in [1.29, 1.82) is 0 Å². The van der Waals surface area contributed by atoms with E-state index in [0.29, 0.717) is 0 Å². The Labute approximate surface area is 85.7 Å². The van der Waals surface area contributed by atoms with Gasteiger partial charge in [0.1, 0.15) is 0 Å². The van der Waals surface area contributed by atoms with Crippen LogP contribution in [0.1, 0.15) is 25.0 Å². The van der Waals surface area contributed by atoms with Crippen LogP contribution in [0.25, 0.3) is 0 Å². The minimum atomic E-state index is 0.738. The third-order valence-electron chi connectivity index (χ3n) is 2.64. The van der Waals surface area contributed by atoms with Crippen LogP contribution in [0.3, 0.4) is 0 Å². The van der Waals surface area contributed by atoms with Crippen LogP contribution in [0, 0.1) is 5.92 Å². The van der Waals surface area contributed by atoms with Crippen molar-refractivity contribution in [2.24, 2.45) is 5.92 Å². The maximum Gasteiger partial charge on any atom is 0.0317 e. The summed E-state index contributed by atoms with van der Waals surface area (Å²) in [5, 5.41) is 0. The van der Waals surface area contributed by atoms with Gasteiger partial charge in [0.2, 0.25) is 0 Å². The van der Waals surface area contributed by atoms with Gasteiger partial charge in [0, 0.05) is 25.3 Å². The predicted octanol–water partition coefficient (Wildman–Crippen LogP) is 2.24. The number of anilines is 1. The molecular weight excluding hydrogens is 172 g/mol. The zero-order chi connectivity index (χ0) is 10.1. The zero-order valence-electron chi connectivity index (χ0n) is 8.96. The Balaban J connectivity index is 2.10. The molecule has 0 unspecified atom stereocenters. The minimum Gasteiger partial charge on any atom is -0.399 e. The summed E-state index contributed by atoms with van der Waals surface area (Å²) in [5.41, 5.74) is 9.50. The number of rotatable bonds is 2. The van der Waals surface area contributed by atoms with Gasteiger partial charge in [0.15, 0.2) is 0 Å². The van der Waals surface area contributed by atoms with E-state index in [-0.39, 0.29) is 0 Å². The van der Waals surface area contributed by atoms with Crippen molar-refractivity contribution >= 4 is 5.69 Å². The lowest BCUT2D eigenvalue weighted by molar-refractivity contribution is 0.251. The summed E-state index contributed by atoms with van der Waals surface area (Å²) in [6.07, 6.45) is 0. The average molecular weight is 190 g/mol. The van der Waals surface area contributed by atoms with Crippen LogP contribution in [0.4, 0.5) is 5.69 Å². The number of nitrogens with zero attached hydrogens (tertiary/aromatic N) is 1. The molecule has 0 bridgehead atoms. The Bertz CT molecular complexity index is 331. The maximum absolute atomic E-state index is 5.76. The lowest BCUT2D eigenvalue weighted by Gasteiger charge is -2.16. The molecule has 0 saturated carbocycles. The first kappa shape index (κ1) is 9.53. The van der Waals surface area contributed by atoms with Crippen molar-refractivity contribution in [3.63, 3.8) is 0 Å². The van der Waals surface area contributed by atoms with Gasteiger partial charge < -0.3 is 5.73 Å². The fraction of sp³-hybridized carbons (Fsp3) is 0.500. The third-order valence-corrected chi connectivity index (χ3v) is 2.64. The first-order valence-corrected chi connectivity index (χ1v) is 5.25. The molecule has 0 aliphatic carbocycles. The molecule has 2 heteroatoms. The second-order valence-corrected chi connectivity index (χ2v) is 4.59. The van der Waals surface area contributed by atoms with Gasteiger partial charge in [0.05, 0.1) is 0 Å². The molecule has 0 saturated heterocycles. The number of hydrogen-bond acceptors (Lipinski definition) is 2. The van der Waals surface area contributed by atoms with E-state index in [9.17, 15) is 0 Å². The number of hydrogen-bond donors (Lipinski definition) is 1. The fourth-order valence-corrected chi connectivity index (χ4v) is 2.13. The molecule has 1 heterocycles. The van der Waals surface area contributed by atoms with Crippen LogP contribution in [0.5, 0.6) is 0 Å². The van der Waals surface area contributed by atoms with E-state index in [1.165, 1.54) is 17.7 Å². The second-order valence-electron chi connectivity index (χ2n) is 4.59. The molecule has 2 rings (SSSR count). The number of nitrogens with two attached hydrogens (primary N) is 1. The van der Waals surface area contributed by atoms with Gasteiger partial charge in [-0.3, -0.25) is 4.90 Å². The highest BCUT2D eigenvalue weighted by atomic mass is 15.1. The van der Waals surface area contributed by atoms with Gasteiger partial charge in [-0.1, -0.05) is 19.9 Å². The Morgan fingerprint density at radius 3 is 2.71 bits per heavy atom. The molecule has 1 aromatic rings. The summed E-state index contributed by atoms with van der Waals surface area (Å²) >= 11 is 0.